The van der Waals surface area contributed by atoms with Crippen molar-refractivity contribution in [2.45, 2.75) is 24.3 Å². The average Bonchev–Trinajstić information content (AvgIpc) is 3.51. The first-order valence-corrected chi connectivity index (χ1v) is 13.1. The average molecular weight is 491 g/mol. The van der Waals surface area contributed by atoms with Gasteiger partial charge in [0.2, 0.25) is 5.91 Å². The highest BCUT2D eigenvalue weighted by Gasteiger charge is 2.66. The molecular weight excluding hydrogens is 460 g/mol. The van der Waals surface area contributed by atoms with E-state index in [9.17, 15) is 4.79 Å². The maximum Gasteiger partial charge on any atom is 0.238 e. The largest absolute Gasteiger partial charge is 0.379 e. The van der Waals surface area contributed by atoms with Crippen molar-refractivity contribution in [3.05, 3.63) is 94.7 Å². The Hall–Kier alpha value is -3.74. The minimum atomic E-state index is -0.409. The number of nitrogens with one attached hydrogen (secondary N) is 1. The van der Waals surface area contributed by atoms with Crippen molar-refractivity contribution in [1.29, 1.82) is 0 Å². The smallest absolute Gasteiger partial charge is 0.238 e. The SMILES string of the molecule is CN1C(=O)C2(CC2c2ccc3c(/C=C/c4cccc(CN5CCOCC5)c4)n[nH]c3c2)c2ccccc21. The van der Waals surface area contributed by atoms with Gasteiger partial charge in [-0.3, -0.25) is 14.8 Å². The molecule has 0 radical (unpaired) electrons. The van der Waals surface area contributed by atoms with Gasteiger partial charge >= 0.3 is 0 Å². The predicted molar refractivity (Wildman–Crippen MR) is 146 cm³/mol. The second-order valence-electron chi connectivity index (χ2n) is 10.5. The second kappa shape index (κ2) is 8.68. The first-order chi connectivity index (χ1) is 18.1. The minimum Gasteiger partial charge on any atom is -0.379 e. The number of anilines is 1. The number of likely N-dealkylation sites (N-methyl/N-ethyl adjacent to an activating group) is 1. The highest BCUT2D eigenvalue weighted by molar-refractivity contribution is 6.11. The maximum atomic E-state index is 13.2. The second-order valence-corrected chi connectivity index (χ2v) is 10.5. The van der Waals surface area contributed by atoms with Gasteiger partial charge in [-0.25, -0.2) is 0 Å². The molecule has 2 fully saturated rings. The molecule has 1 spiro atoms. The number of aromatic nitrogens is 2. The van der Waals surface area contributed by atoms with E-state index in [1.165, 1.54) is 16.7 Å². The quantitative estimate of drug-likeness (QED) is 0.429. The Morgan fingerprint density at radius 2 is 1.92 bits per heavy atom. The molecule has 1 amide bonds. The van der Waals surface area contributed by atoms with Crippen molar-refractivity contribution in [1.82, 2.24) is 15.1 Å². The third-order valence-electron chi connectivity index (χ3n) is 8.31. The van der Waals surface area contributed by atoms with E-state index in [1.54, 1.807) is 0 Å². The molecule has 1 aliphatic carbocycles. The van der Waals surface area contributed by atoms with Crippen molar-refractivity contribution < 1.29 is 9.53 Å². The fourth-order valence-electron chi connectivity index (χ4n) is 6.26. The van der Waals surface area contributed by atoms with Crippen LogP contribution in [0.1, 0.15) is 40.3 Å². The highest BCUT2D eigenvalue weighted by atomic mass is 16.5. The van der Waals surface area contributed by atoms with Crippen LogP contribution in [0.4, 0.5) is 5.69 Å². The van der Waals surface area contributed by atoms with Crippen LogP contribution in [0, 0.1) is 0 Å². The lowest BCUT2D eigenvalue weighted by Crippen LogP contribution is -2.35. The summed E-state index contributed by atoms with van der Waals surface area (Å²) >= 11 is 0. The number of H-pyrrole nitrogens is 1. The standard InChI is InChI=1S/C31H30N4O2/c1-34-29-8-3-2-7-25(29)31(30(34)36)19-26(31)23-10-11-24-27(32-33-28(24)18-23)12-9-21-5-4-6-22(17-21)20-35-13-15-37-16-14-35/h2-12,17-18,26H,13-16,19-20H2,1H3,(H,32,33)/b12-9+. The van der Waals surface area contributed by atoms with Gasteiger partial charge in [0.15, 0.2) is 0 Å². The Kier molecular flexibility index (Phi) is 5.27. The van der Waals surface area contributed by atoms with E-state index in [0.29, 0.717) is 0 Å². The van der Waals surface area contributed by atoms with Gasteiger partial charge in [0.05, 0.1) is 29.8 Å². The molecule has 3 heterocycles. The molecule has 2 unspecified atom stereocenters. The zero-order valence-corrected chi connectivity index (χ0v) is 21.0. The van der Waals surface area contributed by atoms with Crippen LogP contribution in [0.25, 0.3) is 23.1 Å². The Bertz CT molecular complexity index is 1530. The summed E-state index contributed by atoms with van der Waals surface area (Å²) in [7, 11) is 1.89. The Morgan fingerprint density at radius 1 is 1.05 bits per heavy atom. The van der Waals surface area contributed by atoms with Gasteiger partial charge in [0.25, 0.3) is 0 Å². The number of morpholine rings is 1. The third-order valence-corrected chi connectivity index (χ3v) is 8.31. The van der Waals surface area contributed by atoms with E-state index in [2.05, 4.69) is 75.8 Å². The molecule has 2 aliphatic heterocycles. The summed E-state index contributed by atoms with van der Waals surface area (Å²) in [5, 5.41) is 8.90. The topological polar surface area (TPSA) is 61.5 Å². The monoisotopic (exact) mass is 490 g/mol. The molecule has 37 heavy (non-hydrogen) atoms. The third kappa shape index (κ3) is 3.71. The zero-order chi connectivity index (χ0) is 25.0. The van der Waals surface area contributed by atoms with Gasteiger partial charge in [-0.1, -0.05) is 60.7 Å². The molecule has 1 saturated carbocycles. The van der Waals surface area contributed by atoms with Gasteiger partial charge in [-0.15, -0.1) is 0 Å². The van der Waals surface area contributed by atoms with Crippen molar-refractivity contribution in [3.63, 3.8) is 0 Å². The predicted octanol–water partition coefficient (Wildman–Crippen LogP) is 4.97. The fraction of sp³-hybridized carbons (Fsp3) is 0.290. The maximum absolute atomic E-state index is 13.2. The van der Waals surface area contributed by atoms with Crippen LogP contribution in [0.3, 0.4) is 0 Å². The number of fused-ring (bicyclic) bond motifs is 3. The molecule has 1 saturated heterocycles. The molecular formula is C31H30N4O2. The minimum absolute atomic E-state index is 0.201. The normalized spacial score (nSPS) is 23.4. The molecule has 4 aromatic rings. The molecule has 3 aromatic carbocycles. The fourth-order valence-corrected chi connectivity index (χ4v) is 6.26. The van der Waals surface area contributed by atoms with Crippen molar-refractivity contribution >= 4 is 34.6 Å². The number of aromatic amines is 1. The number of hydrogen-bond donors (Lipinski definition) is 1. The van der Waals surface area contributed by atoms with Crippen LogP contribution in [-0.2, 0) is 21.5 Å². The Labute approximate surface area is 216 Å². The van der Waals surface area contributed by atoms with Gasteiger partial charge in [0.1, 0.15) is 0 Å². The van der Waals surface area contributed by atoms with Crippen molar-refractivity contribution in [2.24, 2.45) is 0 Å². The van der Waals surface area contributed by atoms with E-state index in [4.69, 9.17) is 4.74 Å². The van der Waals surface area contributed by atoms with E-state index in [-0.39, 0.29) is 11.8 Å². The van der Waals surface area contributed by atoms with Crippen LogP contribution in [0.5, 0.6) is 0 Å². The molecule has 2 atom stereocenters. The Balaban J connectivity index is 1.11. The highest BCUT2D eigenvalue weighted by Crippen LogP contribution is 2.66. The number of nitrogens with zero attached hydrogens (tertiary/aromatic N) is 3. The lowest BCUT2D eigenvalue weighted by molar-refractivity contribution is -0.120. The van der Waals surface area contributed by atoms with Gasteiger partial charge in [-0.2, -0.15) is 5.10 Å². The van der Waals surface area contributed by atoms with E-state index < -0.39 is 5.41 Å². The van der Waals surface area contributed by atoms with Gasteiger partial charge < -0.3 is 9.64 Å². The summed E-state index contributed by atoms with van der Waals surface area (Å²) in [6.45, 7) is 4.55. The lowest BCUT2D eigenvalue weighted by Gasteiger charge is -2.26. The molecule has 3 aliphatic rings. The summed E-state index contributed by atoms with van der Waals surface area (Å²) in [4.78, 5) is 17.5. The van der Waals surface area contributed by atoms with Crippen molar-refractivity contribution in [2.75, 3.05) is 38.3 Å². The number of rotatable bonds is 5. The van der Waals surface area contributed by atoms with Gasteiger partial charge in [-0.05, 0) is 46.9 Å². The van der Waals surface area contributed by atoms with Gasteiger partial charge in [0, 0.05) is 43.7 Å². The molecule has 0 bridgehead atoms. The van der Waals surface area contributed by atoms with Crippen LogP contribution in [0.15, 0.2) is 66.7 Å². The molecule has 6 nitrogen and oxygen atoms in total. The number of para-hydroxylation sites is 1. The Morgan fingerprint density at radius 3 is 2.81 bits per heavy atom. The lowest BCUT2D eigenvalue weighted by atomic mass is 9.92. The van der Waals surface area contributed by atoms with Crippen LogP contribution in [0.2, 0.25) is 0 Å². The molecule has 6 heteroatoms. The van der Waals surface area contributed by atoms with Crippen LogP contribution in [-0.4, -0.2) is 54.4 Å². The van der Waals surface area contributed by atoms with Crippen LogP contribution < -0.4 is 4.90 Å². The van der Waals surface area contributed by atoms with Crippen LogP contribution >= 0.6 is 0 Å². The summed E-state index contributed by atoms with van der Waals surface area (Å²) in [6.07, 6.45) is 5.07. The molecule has 7 rings (SSSR count). The number of carbonyl (C=O) groups excluding carboxylic acids is 1. The van der Waals surface area contributed by atoms with E-state index >= 15 is 0 Å². The number of carbonyl (C=O) groups is 1. The summed E-state index contributed by atoms with van der Waals surface area (Å²) in [5.74, 6) is 0.412. The van der Waals surface area contributed by atoms with Crippen molar-refractivity contribution in [3.8, 4) is 0 Å². The number of ether oxygens (including phenoxy) is 1. The number of amides is 1. The summed E-state index contributed by atoms with van der Waals surface area (Å²) < 4.78 is 5.47. The number of hydrogen-bond acceptors (Lipinski definition) is 4. The van der Waals surface area contributed by atoms with E-state index in [1.807, 2.05) is 30.1 Å². The molecule has 1 N–H and O–H groups in total. The molecule has 1 aromatic heterocycles. The molecule has 186 valence electrons. The first-order valence-electron chi connectivity index (χ1n) is 13.1. The zero-order valence-electron chi connectivity index (χ0n) is 21.0. The van der Waals surface area contributed by atoms with E-state index in [0.717, 1.165) is 67.1 Å². The summed E-state index contributed by atoms with van der Waals surface area (Å²) in [5.41, 5.74) is 7.40. The number of benzene rings is 3. The first kappa shape index (κ1) is 22.5. The summed E-state index contributed by atoms with van der Waals surface area (Å²) in [6, 6.07) is 23.4.